The molecule has 0 N–H and O–H groups in total. The molecular formula is C12H23NO. The summed E-state index contributed by atoms with van der Waals surface area (Å²) in [6, 6.07) is 0.683. The molecule has 0 unspecified atom stereocenters. The Hall–Kier alpha value is -0.0800. The largest absolute Gasteiger partial charge is 0.376 e. The lowest BCUT2D eigenvalue weighted by Gasteiger charge is -2.35. The Bertz CT molecular complexity index is 177. The fourth-order valence-corrected chi connectivity index (χ4v) is 2.21. The van der Waals surface area contributed by atoms with E-state index >= 15 is 0 Å². The predicted molar refractivity (Wildman–Crippen MR) is 58.4 cm³/mol. The molecule has 2 nitrogen and oxygen atoms in total. The van der Waals surface area contributed by atoms with Gasteiger partial charge in [0, 0.05) is 19.1 Å². The Kier molecular flexibility index (Phi) is 3.45. The van der Waals surface area contributed by atoms with E-state index in [1.165, 1.54) is 25.7 Å². The van der Waals surface area contributed by atoms with Crippen molar-refractivity contribution >= 4 is 0 Å². The van der Waals surface area contributed by atoms with Gasteiger partial charge in [-0.1, -0.05) is 12.8 Å². The van der Waals surface area contributed by atoms with Gasteiger partial charge in [0.25, 0.3) is 0 Å². The number of ether oxygens (including phenoxy) is 1. The molecule has 0 amide bonds. The summed E-state index contributed by atoms with van der Waals surface area (Å²) in [7, 11) is 0. The maximum absolute atomic E-state index is 5.79. The van der Waals surface area contributed by atoms with Crippen molar-refractivity contribution in [1.29, 1.82) is 0 Å². The summed E-state index contributed by atoms with van der Waals surface area (Å²) < 4.78 is 5.79. The van der Waals surface area contributed by atoms with Crippen LogP contribution in [0.3, 0.4) is 0 Å². The Morgan fingerprint density at radius 2 is 2.07 bits per heavy atom. The molecule has 1 saturated heterocycles. The van der Waals surface area contributed by atoms with Crippen LogP contribution in [0.15, 0.2) is 0 Å². The maximum Gasteiger partial charge on any atom is 0.0702 e. The van der Waals surface area contributed by atoms with E-state index < -0.39 is 0 Å². The van der Waals surface area contributed by atoms with Crippen molar-refractivity contribution < 1.29 is 4.74 Å². The van der Waals surface area contributed by atoms with Crippen LogP contribution in [0.2, 0.25) is 0 Å². The second-order valence-corrected chi connectivity index (χ2v) is 5.10. The molecule has 0 spiro atoms. The van der Waals surface area contributed by atoms with Crippen molar-refractivity contribution in [2.24, 2.45) is 5.92 Å². The Morgan fingerprint density at radius 1 is 1.29 bits per heavy atom. The van der Waals surface area contributed by atoms with Crippen molar-refractivity contribution in [2.75, 3.05) is 19.7 Å². The molecule has 1 heterocycles. The van der Waals surface area contributed by atoms with Gasteiger partial charge in [0.2, 0.25) is 0 Å². The van der Waals surface area contributed by atoms with Gasteiger partial charge >= 0.3 is 0 Å². The normalized spacial score (nSPS) is 29.8. The number of rotatable bonds is 4. The Balaban J connectivity index is 1.69. The lowest BCUT2D eigenvalue weighted by Crippen LogP contribution is -2.45. The third-order valence-corrected chi connectivity index (χ3v) is 3.49. The fourth-order valence-electron chi connectivity index (χ4n) is 2.21. The molecule has 2 aliphatic rings. The van der Waals surface area contributed by atoms with Gasteiger partial charge in [0.15, 0.2) is 0 Å². The van der Waals surface area contributed by atoms with Crippen LogP contribution in [0.5, 0.6) is 0 Å². The molecule has 1 saturated carbocycles. The van der Waals surface area contributed by atoms with Gasteiger partial charge in [-0.15, -0.1) is 0 Å². The highest BCUT2D eigenvalue weighted by Crippen LogP contribution is 2.34. The van der Waals surface area contributed by atoms with E-state index in [0.717, 1.165) is 25.6 Å². The molecule has 2 heteroatoms. The zero-order valence-corrected chi connectivity index (χ0v) is 9.54. The van der Waals surface area contributed by atoms with E-state index in [1.807, 2.05) is 0 Å². The van der Waals surface area contributed by atoms with Crippen molar-refractivity contribution in [3.05, 3.63) is 0 Å². The fraction of sp³-hybridized carbons (Fsp3) is 1.00. The van der Waals surface area contributed by atoms with Gasteiger partial charge in [-0.3, -0.25) is 4.90 Å². The molecule has 0 bridgehead atoms. The maximum atomic E-state index is 5.79. The number of morpholine rings is 1. The zero-order chi connectivity index (χ0) is 9.97. The zero-order valence-electron chi connectivity index (χ0n) is 9.54. The highest BCUT2D eigenvalue weighted by atomic mass is 16.5. The van der Waals surface area contributed by atoms with E-state index in [9.17, 15) is 0 Å². The van der Waals surface area contributed by atoms with Crippen LogP contribution in [0.1, 0.15) is 39.5 Å². The first-order chi connectivity index (χ1) is 6.75. The first-order valence-electron chi connectivity index (χ1n) is 6.11. The number of hydrogen-bond donors (Lipinski definition) is 0. The summed E-state index contributed by atoms with van der Waals surface area (Å²) in [4.78, 5) is 2.54. The second-order valence-electron chi connectivity index (χ2n) is 5.10. The first kappa shape index (κ1) is 10.4. The first-order valence-corrected chi connectivity index (χ1v) is 6.11. The van der Waals surface area contributed by atoms with Crippen molar-refractivity contribution in [1.82, 2.24) is 4.90 Å². The van der Waals surface area contributed by atoms with Crippen LogP contribution >= 0.6 is 0 Å². The predicted octanol–water partition coefficient (Wildman–Crippen LogP) is 2.29. The smallest absolute Gasteiger partial charge is 0.0702 e. The van der Waals surface area contributed by atoms with Crippen LogP contribution in [0.4, 0.5) is 0 Å². The Labute approximate surface area is 87.6 Å². The van der Waals surface area contributed by atoms with E-state index in [2.05, 4.69) is 18.7 Å². The average molecular weight is 197 g/mol. The molecule has 1 aliphatic heterocycles. The standard InChI is InChI=1S/C12H23NO/c1-10(2)13-7-8-14-12(9-13)6-5-11-3-4-11/h10-12H,3-9H2,1-2H3/t12-/m0/s1. The molecule has 14 heavy (non-hydrogen) atoms. The molecular weight excluding hydrogens is 174 g/mol. The highest BCUT2D eigenvalue weighted by molar-refractivity contribution is 4.78. The van der Waals surface area contributed by atoms with Crippen molar-refractivity contribution in [3.8, 4) is 0 Å². The summed E-state index contributed by atoms with van der Waals surface area (Å²) in [6.45, 7) is 7.78. The number of nitrogens with zero attached hydrogens (tertiary/aromatic N) is 1. The third kappa shape index (κ3) is 2.96. The molecule has 0 radical (unpaired) electrons. The summed E-state index contributed by atoms with van der Waals surface area (Å²) in [6.07, 6.45) is 6.15. The Morgan fingerprint density at radius 3 is 2.71 bits per heavy atom. The van der Waals surface area contributed by atoms with E-state index in [-0.39, 0.29) is 0 Å². The molecule has 82 valence electrons. The summed E-state index contributed by atoms with van der Waals surface area (Å²) in [5.41, 5.74) is 0. The third-order valence-electron chi connectivity index (χ3n) is 3.49. The molecule has 0 aromatic carbocycles. The number of hydrogen-bond acceptors (Lipinski definition) is 2. The van der Waals surface area contributed by atoms with E-state index in [1.54, 1.807) is 0 Å². The quantitative estimate of drug-likeness (QED) is 0.685. The summed E-state index contributed by atoms with van der Waals surface area (Å²) in [5, 5.41) is 0. The molecule has 2 fully saturated rings. The molecule has 0 aromatic rings. The average Bonchev–Trinajstić information content (AvgIpc) is 2.99. The van der Waals surface area contributed by atoms with Gasteiger partial charge < -0.3 is 4.74 Å². The van der Waals surface area contributed by atoms with Gasteiger partial charge in [-0.2, -0.15) is 0 Å². The summed E-state index contributed by atoms with van der Waals surface area (Å²) >= 11 is 0. The monoisotopic (exact) mass is 197 g/mol. The lowest BCUT2D eigenvalue weighted by atomic mass is 10.1. The lowest BCUT2D eigenvalue weighted by molar-refractivity contribution is -0.0430. The molecule has 2 rings (SSSR count). The van der Waals surface area contributed by atoms with Crippen molar-refractivity contribution in [3.63, 3.8) is 0 Å². The van der Waals surface area contributed by atoms with Crippen LogP contribution in [0.25, 0.3) is 0 Å². The van der Waals surface area contributed by atoms with Crippen LogP contribution in [-0.2, 0) is 4.74 Å². The SMILES string of the molecule is CC(C)N1CCO[C@@H](CCC2CC2)C1. The topological polar surface area (TPSA) is 12.5 Å². The minimum atomic E-state index is 0.520. The van der Waals surface area contributed by atoms with Crippen LogP contribution in [-0.4, -0.2) is 36.7 Å². The van der Waals surface area contributed by atoms with E-state index in [4.69, 9.17) is 4.74 Å². The van der Waals surface area contributed by atoms with Crippen LogP contribution in [0, 0.1) is 5.92 Å². The van der Waals surface area contributed by atoms with Gasteiger partial charge in [-0.25, -0.2) is 0 Å². The van der Waals surface area contributed by atoms with Gasteiger partial charge in [0.05, 0.1) is 12.7 Å². The van der Waals surface area contributed by atoms with Crippen molar-refractivity contribution in [2.45, 2.75) is 51.7 Å². The molecule has 0 aromatic heterocycles. The summed E-state index contributed by atoms with van der Waals surface area (Å²) in [5.74, 6) is 1.05. The highest BCUT2D eigenvalue weighted by Gasteiger charge is 2.26. The minimum Gasteiger partial charge on any atom is -0.376 e. The van der Waals surface area contributed by atoms with E-state index in [0.29, 0.717) is 12.1 Å². The second kappa shape index (κ2) is 4.63. The molecule has 1 aliphatic carbocycles. The minimum absolute atomic E-state index is 0.520. The van der Waals surface area contributed by atoms with Crippen LogP contribution < -0.4 is 0 Å². The van der Waals surface area contributed by atoms with Gasteiger partial charge in [-0.05, 0) is 32.6 Å². The van der Waals surface area contributed by atoms with Gasteiger partial charge in [0.1, 0.15) is 0 Å². The molecule has 1 atom stereocenters.